The van der Waals surface area contributed by atoms with Gasteiger partial charge in [0.2, 0.25) is 0 Å². The van der Waals surface area contributed by atoms with Gasteiger partial charge in [0.05, 0.1) is 4.91 Å². The maximum Gasteiger partial charge on any atom is 0.263 e. The van der Waals surface area contributed by atoms with Gasteiger partial charge in [0.15, 0.2) is 0 Å². The van der Waals surface area contributed by atoms with Crippen molar-refractivity contribution in [3.63, 3.8) is 0 Å². The van der Waals surface area contributed by atoms with Gasteiger partial charge in [-0.25, -0.2) is 4.98 Å². The number of carbonyl (C=O) groups is 1. The van der Waals surface area contributed by atoms with E-state index in [1.807, 2.05) is 12.1 Å². The second kappa shape index (κ2) is 5.73. The lowest BCUT2D eigenvalue weighted by molar-refractivity contribution is -0.115. The molecule has 1 amide bonds. The Kier molecular flexibility index (Phi) is 3.55. The lowest BCUT2D eigenvalue weighted by Gasteiger charge is -2.01. The molecule has 24 heavy (non-hydrogen) atoms. The lowest BCUT2D eigenvalue weighted by Crippen LogP contribution is -2.17. The van der Waals surface area contributed by atoms with Crippen molar-refractivity contribution in [2.75, 3.05) is 5.73 Å². The van der Waals surface area contributed by atoms with Gasteiger partial charge < -0.3 is 15.5 Å². The molecule has 1 saturated heterocycles. The van der Waals surface area contributed by atoms with Gasteiger partial charge in [-0.05, 0) is 18.2 Å². The molecule has 0 spiro atoms. The number of pyridine rings is 2. The average molecular weight is 354 g/mol. The number of rotatable bonds is 2. The topological polar surface area (TPSA) is 94.0 Å². The Balaban J connectivity index is 1.80. The fourth-order valence-electron chi connectivity index (χ4n) is 2.37. The predicted octanol–water partition coefficient (Wildman–Crippen LogP) is 2.96. The molecule has 4 heterocycles. The van der Waals surface area contributed by atoms with Gasteiger partial charge in [-0.15, -0.1) is 0 Å². The summed E-state index contributed by atoms with van der Waals surface area (Å²) in [5, 5.41) is 3.41. The van der Waals surface area contributed by atoms with Crippen molar-refractivity contribution in [1.29, 1.82) is 0 Å². The van der Waals surface area contributed by atoms with Crippen LogP contribution >= 0.6 is 24.0 Å². The first kappa shape index (κ1) is 14.9. The molecule has 3 aromatic rings. The first-order valence-corrected chi connectivity index (χ1v) is 8.17. The summed E-state index contributed by atoms with van der Waals surface area (Å²) in [5.41, 5.74) is 7.96. The summed E-state index contributed by atoms with van der Waals surface area (Å²) < 4.78 is 6.36. The van der Waals surface area contributed by atoms with Gasteiger partial charge in [-0.3, -0.25) is 9.78 Å². The van der Waals surface area contributed by atoms with Crippen LogP contribution in [0.2, 0.25) is 0 Å². The Hall–Kier alpha value is -2.71. The fourth-order valence-corrected chi connectivity index (χ4v) is 3.40. The number of nitrogens with two attached hydrogens (primary N) is 1. The van der Waals surface area contributed by atoms with E-state index < -0.39 is 0 Å². The zero-order chi connectivity index (χ0) is 16.7. The highest BCUT2D eigenvalue weighted by Crippen LogP contribution is 2.32. The molecule has 8 heteroatoms. The summed E-state index contributed by atoms with van der Waals surface area (Å²) in [4.78, 5) is 20.6. The molecule has 0 saturated carbocycles. The molecule has 1 aliphatic rings. The normalized spacial score (nSPS) is 16.1. The SMILES string of the molecule is Nc1ccc(-c2cncc3cc(/C=C4/SC(=S)NC4=O)oc23)cn1. The van der Waals surface area contributed by atoms with Crippen molar-refractivity contribution in [2.45, 2.75) is 0 Å². The van der Waals surface area contributed by atoms with E-state index in [1.165, 1.54) is 11.8 Å². The largest absolute Gasteiger partial charge is 0.456 e. The van der Waals surface area contributed by atoms with E-state index in [9.17, 15) is 4.79 Å². The summed E-state index contributed by atoms with van der Waals surface area (Å²) in [6.07, 6.45) is 6.76. The zero-order valence-corrected chi connectivity index (χ0v) is 13.8. The highest BCUT2D eigenvalue weighted by Gasteiger charge is 2.22. The molecule has 0 radical (unpaired) electrons. The van der Waals surface area contributed by atoms with Gasteiger partial charge >= 0.3 is 0 Å². The van der Waals surface area contributed by atoms with E-state index in [0.717, 1.165) is 16.5 Å². The van der Waals surface area contributed by atoms with Crippen molar-refractivity contribution < 1.29 is 9.21 Å². The predicted molar refractivity (Wildman–Crippen MR) is 98.0 cm³/mol. The van der Waals surface area contributed by atoms with E-state index in [1.54, 1.807) is 30.7 Å². The first-order chi connectivity index (χ1) is 11.6. The minimum absolute atomic E-state index is 0.216. The van der Waals surface area contributed by atoms with Crippen LogP contribution in [0, 0.1) is 0 Å². The number of hydrogen-bond acceptors (Lipinski definition) is 7. The number of fused-ring (bicyclic) bond motifs is 1. The molecule has 0 aliphatic carbocycles. The molecule has 0 unspecified atom stereocenters. The lowest BCUT2D eigenvalue weighted by atomic mass is 10.1. The standard InChI is InChI=1S/C16H10N4O2S2/c17-13-2-1-8(6-19-13)11-7-18-5-9-3-10(22-14(9)11)4-12-15(21)20-16(23)24-12/h1-7H,(H2,17,19)(H,20,21,23)/b12-4+. The Morgan fingerprint density at radius 2 is 2.17 bits per heavy atom. The third kappa shape index (κ3) is 2.66. The minimum Gasteiger partial charge on any atom is -0.456 e. The average Bonchev–Trinajstić information content (AvgIpc) is 3.10. The summed E-state index contributed by atoms with van der Waals surface area (Å²) in [5.74, 6) is 0.792. The van der Waals surface area contributed by atoms with Crippen LogP contribution in [0.3, 0.4) is 0 Å². The summed E-state index contributed by atoms with van der Waals surface area (Å²) >= 11 is 6.19. The van der Waals surface area contributed by atoms with E-state index in [0.29, 0.717) is 26.4 Å². The van der Waals surface area contributed by atoms with Crippen molar-refractivity contribution in [3.05, 3.63) is 47.5 Å². The van der Waals surface area contributed by atoms with Crippen molar-refractivity contribution >= 4 is 57.1 Å². The zero-order valence-electron chi connectivity index (χ0n) is 12.1. The monoisotopic (exact) mass is 354 g/mol. The first-order valence-electron chi connectivity index (χ1n) is 6.94. The van der Waals surface area contributed by atoms with Gasteiger partial charge in [0, 0.05) is 41.2 Å². The molecule has 1 fully saturated rings. The number of anilines is 1. The number of nitrogens with one attached hydrogen (secondary N) is 1. The Morgan fingerprint density at radius 1 is 1.29 bits per heavy atom. The number of hydrogen-bond donors (Lipinski definition) is 2. The second-order valence-electron chi connectivity index (χ2n) is 5.08. The molecule has 1 aliphatic heterocycles. The molecular formula is C16H10N4O2S2. The van der Waals surface area contributed by atoms with Crippen LogP contribution in [0.1, 0.15) is 5.76 Å². The van der Waals surface area contributed by atoms with Crippen LogP contribution < -0.4 is 11.1 Å². The highest BCUT2D eigenvalue weighted by atomic mass is 32.2. The summed E-state index contributed by atoms with van der Waals surface area (Å²) in [6, 6.07) is 5.41. The molecule has 3 aromatic heterocycles. The van der Waals surface area contributed by atoms with Gasteiger partial charge in [0.25, 0.3) is 5.91 Å². The number of amides is 1. The highest BCUT2D eigenvalue weighted by molar-refractivity contribution is 8.26. The van der Waals surface area contributed by atoms with E-state index >= 15 is 0 Å². The summed E-state index contributed by atoms with van der Waals surface area (Å²) in [7, 11) is 0. The number of nitrogen functional groups attached to an aromatic ring is 1. The van der Waals surface area contributed by atoms with Gasteiger partial charge in [-0.1, -0.05) is 24.0 Å². The molecule has 118 valence electrons. The van der Waals surface area contributed by atoms with Crippen LogP contribution in [0.15, 0.2) is 46.1 Å². The van der Waals surface area contributed by atoms with E-state index in [-0.39, 0.29) is 5.91 Å². The number of thioether (sulfide) groups is 1. The molecule has 0 bridgehead atoms. The minimum atomic E-state index is -0.216. The van der Waals surface area contributed by atoms with E-state index in [4.69, 9.17) is 22.4 Å². The number of aromatic nitrogens is 2. The Labute approximate surface area is 146 Å². The Morgan fingerprint density at radius 3 is 2.88 bits per heavy atom. The van der Waals surface area contributed by atoms with Crippen LogP contribution in [0.25, 0.3) is 28.2 Å². The van der Waals surface area contributed by atoms with Crippen LogP contribution in [-0.2, 0) is 4.79 Å². The second-order valence-corrected chi connectivity index (χ2v) is 6.80. The maximum absolute atomic E-state index is 11.8. The van der Waals surface area contributed by atoms with Crippen molar-refractivity contribution in [2.24, 2.45) is 0 Å². The molecule has 0 aromatic carbocycles. The van der Waals surface area contributed by atoms with Gasteiger partial charge in [0.1, 0.15) is 21.5 Å². The molecule has 3 N–H and O–H groups in total. The molecule has 6 nitrogen and oxygen atoms in total. The number of furan rings is 1. The Bertz CT molecular complexity index is 1010. The molecular weight excluding hydrogens is 344 g/mol. The quantitative estimate of drug-likeness (QED) is 0.540. The third-order valence-corrected chi connectivity index (χ3v) is 4.62. The maximum atomic E-state index is 11.8. The smallest absolute Gasteiger partial charge is 0.263 e. The fraction of sp³-hybridized carbons (Fsp3) is 0. The number of thiocarbonyl (C=S) groups is 1. The van der Waals surface area contributed by atoms with Gasteiger partial charge in [-0.2, -0.15) is 0 Å². The molecule has 4 rings (SSSR count). The number of nitrogens with zero attached hydrogens (tertiary/aromatic N) is 2. The third-order valence-electron chi connectivity index (χ3n) is 3.45. The molecule has 0 atom stereocenters. The van der Waals surface area contributed by atoms with Crippen LogP contribution in [0.5, 0.6) is 0 Å². The van der Waals surface area contributed by atoms with E-state index in [2.05, 4.69) is 15.3 Å². The van der Waals surface area contributed by atoms with Crippen molar-refractivity contribution in [1.82, 2.24) is 15.3 Å². The van der Waals surface area contributed by atoms with Crippen LogP contribution in [-0.4, -0.2) is 20.2 Å². The van der Waals surface area contributed by atoms with Crippen LogP contribution in [0.4, 0.5) is 5.82 Å². The van der Waals surface area contributed by atoms with Crippen molar-refractivity contribution in [3.8, 4) is 11.1 Å². The number of carbonyl (C=O) groups excluding carboxylic acids is 1. The summed E-state index contributed by atoms with van der Waals surface area (Å²) in [6.45, 7) is 0.